The molecule has 0 atom stereocenters. The van der Waals surface area contributed by atoms with Crippen LogP contribution in [-0.2, 0) is 28.8 Å². The normalized spacial score (nSPS) is 16.5. The van der Waals surface area contributed by atoms with Gasteiger partial charge in [0.1, 0.15) is 0 Å². The van der Waals surface area contributed by atoms with Gasteiger partial charge < -0.3 is 4.84 Å². The molecule has 2 rings (SSSR count). The van der Waals surface area contributed by atoms with E-state index in [-0.39, 0.29) is 31.1 Å². The van der Waals surface area contributed by atoms with Crippen LogP contribution in [0.4, 0.5) is 0 Å². The van der Waals surface area contributed by atoms with Crippen molar-refractivity contribution in [3.8, 4) is 0 Å². The first-order valence-corrected chi connectivity index (χ1v) is 7.03. The van der Waals surface area contributed by atoms with E-state index < -0.39 is 17.8 Å². The Balaban J connectivity index is 0.000000287. The Kier molecular flexibility index (Phi) is 6.94. The molecule has 0 saturated carbocycles. The van der Waals surface area contributed by atoms with Crippen LogP contribution in [0.3, 0.4) is 0 Å². The molecule has 1 saturated heterocycles. The van der Waals surface area contributed by atoms with Crippen LogP contribution in [-0.4, -0.2) is 34.7 Å². The maximum Gasteiger partial charge on any atom is 0.333 e. The molecule has 22 heavy (non-hydrogen) atoms. The number of carbonyl (C=O) groups excluding carboxylic acids is 5. The number of nitrogens with one attached hydrogen (secondary N) is 1. The second-order valence-corrected chi connectivity index (χ2v) is 4.69. The highest BCUT2D eigenvalue weighted by Gasteiger charge is 2.32. The van der Waals surface area contributed by atoms with Crippen molar-refractivity contribution in [2.45, 2.75) is 45.4 Å². The topological polar surface area (TPSA) is 110 Å². The highest BCUT2D eigenvalue weighted by atomic mass is 16.7. The van der Waals surface area contributed by atoms with Gasteiger partial charge in [0.25, 0.3) is 23.6 Å². The van der Waals surface area contributed by atoms with E-state index in [2.05, 4.69) is 4.84 Å². The van der Waals surface area contributed by atoms with Crippen LogP contribution in [0, 0.1) is 0 Å². The van der Waals surface area contributed by atoms with Crippen molar-refractivity contribution in [3.05, 3.63) is 12.2 Å². The molecule has 2 aliphatic rings. The van der Waals surface area contributed by atoms with Crippen molar-refractivity contribution in [3.63, 3.8) is 0 Å². The summed E-state index contributed by atoms with van der Waals surface area (Å²) in [7, 11) is 0. The highest BCUT2D eigenvalue weighted by Crippen LogP contribution is 2.13. The van der Waals surface area contributed by atoms with Crippen molar-refractivity contribution in [1.29, 1.82) is 0 Å². The predicted octanol–water partition coefficient (Wildman–Crippen LogP) is 0.373. The molecule has 0 unspecified atom stereocenters. The number of amides is 4. The van der Waals surface area contributed by atoms with E-state index in [1.54, 1.807) is 0 Å². The Bertz CT molecular complexity index is 479. The number of unbranched alkanes of at least 4 members (excludes halogenated alkanes) is 2. The van der Waals surface area contributed by atoms with Crippen molar-refractivity contribution in [1.82, 2.24) is 10.4 Å². The summed E-state index contributed by atoms with van der Waals surface area (Å²) in [6.07, 6.45) is 5.61. The number of hydrogen-bond acceptors (Lipinski definition) is 6. The van der Waals surface area contributed by atoms with Crippen molar-refractivity contribution < 1.29 is 28.8 Å². The van der Waals surface area contributed by atoms with Gasteiger partial charge in [-0.2, -0.15) is 0 Å². The molecule has 120 valence electrons. The Hall–Kier alpha value is -2.51. The quantitative estimate of drug-likeness (QED) is 0.580. The first kappa shape index (κ1) is 17.5. The van der Waals surface area contributed by atoms with E-state index in [0.29, 0.717) is 5.06 Å². The molecule has 4 amide bonds. The molecule has 0 bridgehead atoms. The number of hydrogen-bond donors (Lipinski definition) is 1. The lowest BCUT2D eigenvalue weighted by Crippen LogP contribution is -2.31. The van der Waals surface area contributed by atoms with E-state index in [1.165, 1.54) is 12.2 Å². The molecule has 0 aliphatic carbocycles. The minimum absolute atomic E-state index is 0.140. The van der Waals surface area contributed by atoms with Gasteiger partial charge in [-0.25, -0.2) is 4.79 Å². The lowest BCUT2D eigenvalue weighted by Gasteiger charge is -2.12. The van der Waals surface area contributed by atoms with E-state index in [1.807, 2.05) is 12.2 Å². The van der Waals surface area contributed by atoms with Gasteiger partial charge in [0.05, 0.1) is 0 Å². The summed E-state index contributed by atoms with van der Waals surface area (Å²) in [5.74, 6) is -2.02. The Morgan fingerprint density at radius 3 is 2.05 bits per heavy atom. The zero-order valence-corrected chi connectivity index (χ0v) is 12.3. The first-order chi connectivity index (χ1) is 10.4. The van der Waals surface area contributed by atoms with E-state index in [9.17, 15) is 24.0 Å². The lowest BCUT2D eigenvalue weighted by atomic mass is 10.2. The second-order valence-electron chi connectivity index (χ2n) is 4.69. The minimum Gasteiger partial charge on any atom is -0.330 e. The fraction of sp³-hybridized carbons (Fsp3) is 0.500. The molecule has 0 aromatic rings. The molecule has 0 aromatic carbocycles. The minimum atomic E-state index is -0.507. The van der Waals surface area contributed by atoms with Gasteiger partial charge in [-0.1, -0.05) is 19.8 Å². The molecule has 2 aliphatic heterocycles. The van der Waals surface area contributed by atoms with Gasteiger partial charge in [0.2, 0.25) is 0 Å². The lowest BCUT2D eigenvalue weighted by molar-refractivity contribution is -0.197. The maximum absolute atomic E-state index is 11.2. The summed E-state index contributed by atoms with van der Waals surface area (Å²) < 4.78 is 0. The van der Waals surface area contributed by atoms with Crippen LogP contribution in [0.25, 0.3) is 0 Å². The smallest absolute Gasteiger partial charge is 0.330 e. The predicted molar refractivity (Wildman–Crippen MR) is 73.6 cm³/mol. The number of hydroxylamine groups is 2. The third kappa shape index (κ3) is 5.86. The summed E-state index contributed by atoms with van der Waals surface area (Å²) in [4.78, 5) is 58.1. The van der Waals surface area contributed by atoms with Crippen molar-refractivity contribution in [2.75, 3.05) is 0 Å². The Morgan fingerprint density at radius 2 is 1.64 bits per heavy atom. The van der Waals surface area contributed by atoms with Crippen LogP contribution in [0.1, 0.15) is 45.4 Å². The van der Waals surface area contributed by atoms with E-state index >= 15 is 0 Å². The number of carbonyl (C=O) groups is 5. The largest absolute Gasteiger partial charge is 0.333 e. The standard InChI is InChI=1S/C10H15NO4.C4H3NO2/c1-2-3-4-5-10(14)15-11-8(12)6-7-9(11)13;6-3-1-2-4(7)5-3/h2-7H2,1H3;1-2H,(H,5,6,7). The average Bonchev–Trinajstić information content (AvgIpc) is 2.99. The molecule has 8 heteroatoms. The molecule has 0 aromatic heterocycles. The second kappa shape index (κ2) is 8.71. The zero-order chi connectivity index (χ0) is 16.5. The van der Waals surface area contributed by atoms with Crippen molar-refractivity contribution in [2.24, 2.45) is 0 Å². The SMILES string of the molecule is CCCCCC(=O)ON1C(=O)CCC1=O.O=C1C=CC(=O)N1. The monoisotopic (exact) mass is 310 g/mol. The first-order valence-electron chi connectivity index (χ1n) is 7.03. The van der Waals surface area contributed by atoms with Gasteiger partial charge in [-0.15, -0.1) is 5.06 Å². The molecular weight excluding hydrogens is 292 g/mol. The van der Waals surface area contributed by atoms with Gasteiger partial charge in [-0.05, 0) is 6.42 Å². The molecule has 1 N–H and O–H groups in total. The molecule has 1 fully saturated rings. The van der Waals surface area contributed by atoms with Crippen LogP contribution >= 0.6 is 0 Å². The Labute approximate surface area is 127 Å². The molecule has 0 spiro atoms. The van der Waals surface area contributed by atoms with Crippen LogP contribution in [0.2, 0.25) is 0 Å². The molecule has 2 heterocycles. The Morgan fingerprint density at radius 1 is 1.09 bits per heavy atom. The van der Waals surface area contributed by atoms with Gasteiger partial charge in [0.15, 0.2) is 0 Å². The summed E-state index contributed by atoms with van der Waals surface area (Å²) in [5.41, 5.74) is 0. The van der Waals surface area contributed by atoms with Gasteiger partial charge >= 0.3 is 5.97 Å². The van der Waals surface area contributed by atoms with Crippen LogP contribution in [0.5, 0.6) is 0 Å². The summed E-state index contributed by atoms with van der Waals surface area (Å²) in [5, 5.41) is 2.62. The third-order valence-electron chi connectivity index (χ3n) is 2.82. The summed E-state index contributed by atoms with van der Waals surface area (Å²) in [6, 6.07) is 0. The summed E-state index contributed by atoms with van der Waals surface area (Å²) in [6.45, 7) is 2.03. The van der Waals surface area contributed by atoms with Gasteiger partial charge in [0, 0.05) is 31.4 Å². The number of rotatable bonds is 5. The van der Waals surface area contributed by atoms with Gasteiger partial charge in [-0.3, -0.25) is 24.5 Å². The molecule has 0 radical (unpaired) electrons. The van der Waals surface area contributed by atoms with E-state index in [0.717, 1.165) is 19.3 Å². The summed E-state index contributed by atoms with van der Waals surface area (Å²) >= 11 is 0. The highest BCUT2D eigenvalue weighted by molar-refractivity contribution is 6.12. The average molecular weight is 310 g/mol. The third-order valence-corrected chi connectivity index (χ3v) is 2.82. The molecular formula is C14H18N2O6. The van der Waals surface area contributed by atoms with E-state index in [4.69, 9.17) is 0 Å². The zero-order valence-electron chi connectivity index (χ0n) is 12.3. The maximum atomic E-state index is 11.2. The molecule has 8 nitrogen and oxygen atoms in total. The number of imide groups is 2. The fourth-order valence-corrected chi connectivity index (χ4v) is 1.68. The van der Waals surface area contributed by atoms with Crippen LogP contribution in [0.15, 0.2) is 12.2 Å². The van der Waals surface area contributed by atoms with Crippen LogP contribution < -0.4 is 5.32 Å². The van der Waals surface area contributed by atoms with Crippen molar-refractivity contribution >= 4 is 29.6 Å². The number of nitrogens with zero attached hydrogens (tertiary/aromatic N) is 1. The fourth-order valence-electron chi connectivity index (χ4n) is 1.68.